The Bertz CT molecular complexity index is 2270. The topological polar surface area (TPSA) is 139 Å². The summed E-state index contributed by atoms with van der Waals surface area (Å²) in [5.41, 5.74) is 4.76. The van der Waals surface area contributed by atoms with Crippen molar-refractivity contribution in [1.29, 1.82) is 0 Å². The van der Waals surface area contributed by atoms with Gasteiger partial charge in [-0.15, -0.1) is 0 Å². The Morgan fingerprint density at radius 3 is 2.43 bits per heavy atom. The van der Waals surface area contributed by atoms with Crippen molar-refractivity contribution < 1.29 is 19.3 Å². The quantitative estimate of drug-likeness (QED) is 0.160. The van der Waals surface area contributed by atoms with Gasteiger partial charge in [-0.1, -0.05) is 65.9 Å². The Morgan fingerprint density at radius 1 is 0.913 bits per heavy atom. The SMILES string of the molecule is COc1ccccc1[C@@H]1C2=C(N=c3s/c(=C/c4ccc(Oc5ccc([N+](=O)[O-])cc5[N+](=O)[O-])cc4)c(=O)n31)c1ccccc1CC2. The van der Waals surface area contributed by atoms with Gasteiger partial charge in [-0.25, -0.2) is 4.99 Å². The van der Waals surface area contributed by atoms with Gasteiger partial charge in [0.15, 0.2) is 4.80 Å². The predicted octanol–water partition coefficient (Wildman–Crippen LogP) is 5.94. The number of aromatic nitrogens is 1. The van der Waals surface area contributed by atoms with Crippen molar-refractivity contribution >= 4 is 34.5 Å². The van der Waals surface area contributed by atoms with Gasteiger partial charge in [0.1, 0.15) is 11.5 Å². The lowest BCUT2D eigenvalue weighted by Crippen LogP contribution is -2.38. The van der Waals surface area contributed by atoms with Crippen LogP contribution < -0.4 is 24.4 Å². The van der Waals surface area contributed by atoms with E-state index in [1.54, 1.807) is 42.0 Å². The van der Waals surface area contributed by atoms with Crippen molar-refractivity contribution in [2.45, 2.75) is 18.9 Å². The molecule has 0 saturated carbocycles. The summed E-state index contributed by atoms with van der Waals surface area (Å²) < 4.78 is 13.7. The molecule has 11 nitrogen and oxygen atoms in total. The van der Waals surface area contributed by atoms with E-state index >= 15 is 0 Å². The molecule has 1 aromatic heterocycles. The van der Waals surface area contributed by atoms with E-state index in [0.717, 1.165) is 47.4 Å². The first-order chi connectivity index (χ1) is 22.3. The van der Waals surface area contributed by atoms with E-state index in [0.29, 0.717) is 20.6 Å². The highest BCUT2D eigenvalue weighted by Gasteiger charge is 2.34. The van der Waals surface area contributed by atoms with Crippen molar-refractivity contribution in [2.75, 3.05) is 7.11 Å². The second-order valence-electron chi connectivity index (χ2n) is 10.7. The summed E-state index contributed by atoms with van der Waals surface area (Å²) in [4.78, 5) is 40.8. The smallest absolute Gasteiger partial charge is 0.318 e. The van der Waals surface area contributed by atoms with Gasteiger partial charge in [0, 0.05) is 17.2 Å². The van der Waals surface area contributed by atoms with Gasteiger partial charge in [0.05, 0.1) is 39.3 Å². The summed E-state index contributed by atoms with van der Waals surface area (Å²) in [7, 11) is 1.63. The standard InChI is InChI=1S/C34H24N4O7S/c1-44-28-9-5-4-8-25(28)32-26-16-12-21-6-2-3-7-24(21)31(26)35-34-36(32)33(39)30(46-34)18-20-10-14-23(15-11-20)45-29-17-13-22(37(40)41)19-27(29)38(42)43/h2-11,13-15,17-19,32H,12,16H2,1H3/b30-18+/t32-/m1/s1. The number of fused-ring (bicyclic) bond motifs is 3. The number of nitro benzene ring substituents is 2. The molecule has 0 spiro atoms. The maximum Gasteiger partial charge on any atom is 0.318 e. The number of ether oxygens (including phenoxy) is 2. The zero-order valence-electron chi connectivity index (χ0n) is 24.3. The molecule has 228 valence electrons. The average molecular weight is 633 g/mol. The van der Waals surface area contributed by atoms with Crippen molar-refractivity contribution in [2.24, 2.45) is 4.99 Å². The molecule has 0 unspecified atom stereocenters. The summed E-state index contributed by atoms with van der Waals surface area (Å²) in [5, 5.41) is 22.6. The second kappa shape index (κ2) is 11.6. The van der Waals surface area contributed by atoms with Crippen LogP contribution in [0.4, 0.5) is 11.4 Å². The molecule has 1 aliphatic heterocycles. The molecule has 1 aliphatic carbocycles. The molecule has 7 rings (SSSR count). The molecular weight excluding hydrogens is 608 g/mol. The highest BCUT2D eigenvalue weighted by Crippen LogP contribution is 2.43. The zero-order valence-corrected chi connectivity index (χ0v) is 25.1. The van der Waals surface area contributed by atoms with Crippen molar-refractivity contribution in [3.63, 3.8) is 0 Å². The molecular formula is C34H24N4O7S. The van der Waals surface area contributed by atoms with Gasteiger partial charge in [-0.2, -0.15) is 0 Å². The molecule has 2 aliphatic rings. The van der Waals surface area contributed by atoms with Crippen molar-refractivity contribution in [3.05, 3.63) is 159 Å². The summed E-state index contributed by atoms with van der Waals surface area (Å²) in [6.07, 6.45) is 3.38. The lowest BCUT2D eigenvalue weighted by Gasteiger charge is -2.31. The number of hydrogen-bond donors (Lipinski definition) is 0. The second-order valence-corrected chi connectivity index (χ2v) is 11.7. The fraction of sp³-hybridized carbons (Fsp3) is 0.118. The monoisotopic (exact) mass is 632 g/mol. The normalized spacial score (nSPS) is 15.3. The highest BCUT2D eigenvalue weighted by molar-refractivity contribution is 7.07. The van der Waals surface area contributed by atoms with Crippen LogP contribution in [0.5, 0.6) is 17.2 Å². The molecule has 46 heavy (non-hydrogen) atoms. The maximum atomic E-state index is 14.1. The number of benzene rings is 4. The van der Waals surface area contributed by atoms with Gasteiger partial charge < -0.3 is 9.47 Å². The van der Waals surface area contributed by atoms with Gasteiger partial charge in [0.25, 0.3) is 11.2 Å². The Hall–Kier alpha value is -5.88. The van der Waals surface area contributed by atoms with Crippen LogP contribution in [-0.2, 0) is 6.42 Å². The van der Waals surface area contributed by atoms with E-state index in [-0.39, 0.29) is 23.1 Å². The number of para-hydroxylation sites is 1. The number of thiazole rings is 1. The fourth-order valence-electron chi connectivity index (χ4n) is 5.95. The molecule has 2 heterocycles. The summed E-state index contributed by atoms with van der Waals surface area (Å²) in [6, 6.07) is 25.5. The van der Waals surface area contributed by atoms with Crippen LogP contribution in [0.15, 0.2) is 106 Å². The van der Waals surface area contributed by atoms with Crippen LogP contribution in [0.25, 0.3) is 11.8 Å². The van der Waals surface area contributed by atoms with Gasteiger partial charge >= 0.3 is 5.69 Å². The molecule has 5 aromatic rings. The van der Waals surface area contributed by atoms with E-state index in [9.17, 15) is 25.0 Å². The lowest BCUT2D eigenvalue weighted by atomic mass is 9.83. The number of nitro groups is 2. The van der Waals surface area contributed by atoms with Crippen LogP contribution in [0, 0.1) is 20.2 Å². The van der Waals surface area contributed by atoms with Crippen LogP contribution in [0.2, 0.25) is 0 Å². The van der Waals surface area contributed by atoms with Crippen molar-refractivity contribution in [1.82, 2.24) is 4.57 Å². The minimum atomic E-state index is -0.731. The molecule has 0 radical (unpaired) electrons. The Morgan fingerprint density at radius 2 is 1.67 bits per heavy atom. The van der Waals surface area contributed by atoms with Gasteiger partial charge in [-0.3, -0.25) is 29.6 Å². The number of nitrogens with zero attached hydrogens (tertiary/aromatic N) is 4. The van der Waals surface area contributed by atoms with Crippen LogP contribution >= 0.6 is 11.3 Å². The number of aryl methyl sites for hydroxylation is 1. The van der Waals surface area contributed by atoms with Gasteiger partial charge in [0.2, 0.25) is 5.75 Å². The summed E-state index contributed by atoms with van der Waals surface area (Å²) in [6.45, 7) is 0. The Kier molecular flexibility index (Phi) is 7.26. The van der Waals surface area contributed by atoms with E-state index in [1.165, 1.54) is 23.0 Å². The third kappa shape index (κ3) is 5.04. The number of methoxy groups -OCH3 is 1. The maximum absolute atomic E-state index is 14.1. The van der Waals surface area contributed by atoms with E-state index < -0.39 is 21.2 Å². The number of rotatable bonds is 7. The Labute approximate surface area is 264 Å². The number of non-ortho nitro benzene ring substituents is 1. The van der Waals surface area contributed by atoms with Crippen molar-refractivity contribution in [3.8, 4) is 17.2 Å². The highest BCUT2D eigenvalue weighted by atomic mass is 32.1. The molecule has 4 aromatic carbocycles. The minimum absolute atomic E-state index is 0.126. The number of hydrogen-bond acceptors (Lipinski definition) is 9. The average Bonchev–Trinajstić information content (AvgIpc) is 3.38. The Balaban J connectivity index is 1.29. The van der Waals surface area contributed by atoms with Crippen LogP contribution in [0.3, 0.4) is 0 Å². The van der Waals surface area contributed by atoms with E-state index in [2.05, 4.69) is 12.1 Å². The number of allylic oxidation sites excluding steroid dienone is 1. The van der Waals surface area contributed by atoms with Gasteiger partial charge in [-0.05, 0) is 59.9 Å². The first-order valence-electron chi connectivity index (χ1n) is 14.3. The molecule has 0 N–H and O–H groups in total. The summed E-state index contributed by atoms with van der Waals surface area (Å²) >= 11 is 1.31. The lowest BCUT2D eigenvalue weighted by molar-refractivity contribution is -0.394. The predicted molar refractivity (Wildman–Crippen MR) is 172 cm³/mol. The molecule has 12 heteroatoms. The molecule has 0 amide bonds. The zero-order chi connectivity index (χ0) is 31.9. The third-order valence-electron chi connectivity index (χ3n) is 8.06. The van der Waals surface area contributed by atoms with Crippen LogP contribution in [0.1, 0.15) is 34.7 Å². The first kappa shape index (κ1) is 28.9. The largest absolute Gasteiger partial charge is 0.496 e. The fourth-order valence-corrected chi connectivity index (χ4v) is 6.95. The van der Waals surface area contributed by atoms with Crippen LogP contribution in [-0.4, -0.2) is 21.5 Å². The molecule has 0 saturated heterocycles. The van der Waals surface area contributed by atoms with E-state index in [4.69, 9.17) is 14.5 Å². The third-order valence-corrected chi connectivity index (χ3v) is 9.05. The minimum Gasteiger partial charge on any atom is -0.496 e. The molecule has 1 atom stereocenters. The van der Waals surface area contributed by atoms with E-state index in [1.807, 2.05) is 36.4 Å². The molecule has 0 fully saturated rings. The first-order valence-corrected chi connectivity index (χ1v) is 15.1. The summed E-state index contributed by atoms with van der Waals surface area (Å²) in [5.74, 6) is 0.857. The molecule has 0 bridgehead atoms.